The van der Waals surface area contributed by atoms with Gasteiger partial charge in [0.05, 0.1) is 17.6 Å². The molecule has 0 saturated carbocycles. The van der Waals surface area contributed by atoms with Crippen LogP contribution in [0.3, 0.4) is 0 Å². The van der Waals surface area contributed by atoms with Crippen molar-refractivity contribution >= 4 is 0 Å². The van der Waals surface area contributed by atoms with E-state index in [9.17, 15) is 0 Å². The van der Waals surface area contributed by atoms with Crippen LogP contribution in [0.5, 0.6) is 0 Å². The molecule has 1 saturated heterocycles. The zero-order chi connectivity index (χ0) is 13.8. The molecule has 0 amide bonds. The second kappa shape index (κ2) is 6.13. The molecule has 1 atom stereocenters. The van der Waals surface area contributed by atoms with Gasteiger partial charge in [-0.05, 0) is 51.3 Å². The lowest BCUT2D eigenvalue weighted by Crippen LogP contribution is -2.31. The monoisotopic (exact) mass is 271 g/mol. The predicted molar refractivity (Wildman–Crippen MR) is 78.2 cm³/mol. The van der Waals surface area contributed by atoms with E-state index in [0.717, 1.165) is 43.1 Å². The summed E-state index contributed by atoms with van der Waals surface area (Å²) >= 11 is 0. The number of nitrogens with one attached hydrogen (secondary N) is 1. The first-order chi connectivity index (χ1) is 9.86. The summed E-state index contributed by atoms with van der Waals surface area (Å²) in [5.74, 6) is 0.685. The number of rotatable bonds is 4. The Balaban J connectivity index is 1.78. The third kappa shape index (κ3) is 2.88. The van der Waals surface area contributed by atoms with Gasteiger partial charge in [-0.25, -0.2) is 4.98 Å². The van der Waals surface area contributed by atoms with Gasteiger partial charge in [-0.3, -0.25) is 9.67 Å². The largest absolute Gasteiger partial charge is 0.316 e. The van der Waals surface area contributed by atoms with Gasteiger partial charge in [0, 0.05) is 18.9 Å². The summed E-state index contributed by atoms with van der Waals surface area (Å²) in [5.41, 5.74) is 3.05. The van der Waals surface area contributed by atoms with Crippen LogP contribution in [0.25, 0.3) is 11.4 Å². The van der Waals surface area contributed by atoms with E-state index in [0.29, 0.717) is 5.92 Å². The van der Waals surface area contributed by atoms with Gasteiger partial charge in [-0.2, -0.15) is 5.10 Å². The fourth-order valence-corrected chi connectivity index (χ4v) is 2.82. The minimum absolute atomic E-state index is 0.685. The molecule has 0 bridgehead atoms. The molecule has 1 fully saturated rings. The minimum atomic E-state index is 0.685. The molecular formula is C15H21N5. The van der Waals surface area contributed by atoms with Crippen LogP contribution in [0.1, 0.15) is 25.5 Å². The quantitative estimate of drug-likeness (QED) is 0.923. The first kappa shape index (κ1) is 13.2. The molecule has 5 nitrogen and oxygen atoms in total. The first-order valence-corrected chi connectivity index (χ1v) is 7.40. The van der Waals surface area contributed by atoms with Crippen LogP contribution in [-0.2, 0) is 13.0 Å². The van der Waals surface area contributed by atoms with Crippen molar-refractivity contribution in [2.75, 3.05) is 13.1 Å². The summed E-state index contributed by atoms with van der Waals surface area (Å²) in [6.07, 6.45) is 9.09. The highest BCUT2D eigenvalue weighted by Gasteiger charge is 2.15. The molecule has 106 valence electrons. The number of aromatic nitrogens is 4. The van der Waals surface area contributed by atoms with Gasteiger partial charge >= 0.3 is 0 Å². The normalized spacial score (nSPS) is 19.1. The van der Waals surface area contributed by atoms with Gasteiger partial charge < -0.3 is 5.32 Å². The van der Waals surface area contributed by atoms with E-state index in [2.05, 4.69) is 22.3 Å². The molecule has 2 aromatic heterocycles. The lowest BCUT2D eigenvalue weighted by atomic mass is 9.95. The van der Waals surface area contributed by atoms with Crippen molar-refractivity contribution in [3.8, 4) is 11.4 Å². The van der Waals surface area contributed by atoms with Crippen LogP contribution in [0.2, 0.25) is 0 Å². The Bertz CT molecular complexity index is 557. The van der Waals surface area contributed by atoms with Crippen molar-refractivity contribution < 1.29 is 0 Å². The second-order valence-corrected chi connectivity index (χ2v) is 5.34. The average molecular weight is 271 g/mol. The van der Waals surface area contributed by atoms with Crippen molar-refractivity contribution in [1.29, 1.82) is 0 Å². The highest BCUT2D eigenvalue weighted by Crippen LogP contribution is 2.19. The van der Waals surface area contributed by atoms with Gasteiger partial charge in [0.25, 0.3) is 0 Å². The van der Waals surface area contributed by atoms with Gasteiger partial charge in [-0.1, -0.05) is 0 Å². The fraction of sp³-hybridized carbons (Fsp3) is 0.533. The number of piperidine rings is 1. The van der Waals surface area contributed by atoms with E-state index >= 15 is 0 Å². The topological polar surface area (TPSA) is 55.6 Å². The highest BCUT2D eigenvalue weighted by atomic mass is 15.3. The third-order valence-corrected chi connectivity index (χ3v) is 3.86. The number of nitrogens with zero attached hydrogens (tertiary/aromatic N) is 4. The van der Waals surface area contributed by atoms with E-state index in [1.165, 1.54) is 12.8 Å². The number of hydrogen-bond donors (Lipinski definition) is 1. The van der Waals surface area contributed by atoms with Gasteiger partial charge in [0.1, 0.15) is 5.69 Å². The van der Waals surface area contributed by atoms with Gasteiger partial charge in [-0.15, -0.1) is 0 Å². The molecular weight excluding hydrogens is 250 g/mol. The van der Waals surface area contributed by atoms with E-state index in [1.807, 2.05) is 29.3 Å². The summed E-state index contributed by atoms with van der Waals surface area (Å²) in [4.78, 5) is 9.12. The molecule has 0 aromatic carbocycles. The summed E-state index contributed by atoms with van der Waals surface area (Å²) < 4.78 is 1.95. The van der Waals surface area contributed by atoms with Crippen LogP contribution < -0.4 is 5.32 Å². The maximum absolute atomic E-state index is 4.77. The van der Waals surface area contributed by atoms with Crippen LogP contribution in [0.4, 0.5) is 0 Å². The Morgan fingerprint density at radius 1 is 1.40 bits per heavy atom. The third-order valence-electron chi connectivity index (χ3n) is 3.86. The van der Waals surface area contributed by atoms with Gasteiger partial charge in [0.15, 0.2) is 0 Å². The maximum Gasteiger partial charge on any atom is 0.107 e. The zero-order valence-corrected chi connectivity index (χ0v) is 11.9. The highest BCUT2D eigenvalue weighted by molar-refractivity contribution is 5.52. The molecule has 5 heteroatoms. The molecule has 20 heavy (non-hydrogen) atoms. The van der Waals surface area contributed by atoms with Crippen LogP contribution in [0.15, 0.2) is 24.7 Å². The van der Waals surface area contributed by atoms with Crippen molar-refractivity contribution in [1.82, 2.24) is 25.1 Å². The standard InChI is InChI=1S/C15H21N5/c1-2-20-15(5-7-18-20)14-11-17-10-13(19-14)8-12-4-3-6-16-9-12/h5,7,10-12,16H,2-4,6,8-9H2,1H3. The number of hydrogen-bond acceptors (Lipinski definition) is 4. The first-order valence-electron chi connectivity index (χ1n) is 7.40. The van der Waals surface area contributed by atoms with Crippen LogP contribution >= 0.6 is 0 Å². The minimum Gasteiger partial charge on any atom is -0.316 e. The molecule has 0 radical (unpaired) electrons. The van der Waals surface area contributed by atoms with E-state index in [1.54, 1.807) is 0 Å². The molecule has 1 N–H and O–H groups in total. The molecule has 0 aliphatic carbocycles. The summed E-state index contributed by atoms with van der Waals surface area (Å²) in [6.45, 7) is 5.18. The predicted octanol–water partition coefficient (Wildman–Crippen LogP) is 1.90. The lowest BCUT2D eigenvalue weighted by molar-refractivity contribution is 0.373. The Kier molecular flexibility index (Phi) is 4.06. The Hall–Kier alpha value is -1.75. The number of aryl methyl sites for hydroxylation is 1. The van der Waals surface area contributed by atoms with Gasteiger partial charge in [0.2, 0.25) is 0 Å². The second-order valence-electron chi connectivity index (χ2n) is 5.34. The van der Waals surface area contributed by atoms with Crippen LogP contribution in [0, 0.1) is 5.92 Å². The summed E-state index contributed by atoms with van der Waals surface area (Å²) in [5, 5.41) is 7.75. The molecule has 0 spiro atoms. The van der Waals surface area contributed by atoms with Crippen LogP contribution in [-0.4, -0.2) is 32.8 Å². The molecule has 1 unspecified atom stereocenters. The fourth-order valence-electron chi connectivity index (χ4n) is 2.82. The molecule has 2 aromatic rings. The Labute approximate surface area is 119 Å². The van der Waals surface area contributed by atoms with E-state index < -0.39 is 0 Å². The van der Waals surface area contributed by atoms with E-state index in [-0.39, 0.29) is 0 Å². The van der Waals surface area contributed by atoms with Crippen molar-refractivity contribution in [2.24, 2.45) is 5.92 Å². The molecule has 1 aliphatic rings. The van der Waals surface area contributed by atoms with Crippen molar-refractivity contribution in [3.05, 3.63) is 30.4 Å². The smallest absolute Gasteiger partial charge is 0.107 e. The molecule has 1 aliphatic heterocycles. The zero-order valence-electron chi connectivity index (χ0n) is 11.9. The van der Waals surface area contributed by atoms with E-state index in [4.69, 9.17) is 4.98 Å². The van der Waals surface area contributed by atoms with Crippen molar-refractivity contribution in [3.63, 3.8) is 0 Å². The summed E-state index contributed by atoms with van der Waals surface area (Å²) in [6, 6.07) is 2.00. The Morgan fingerprint density at radius 2 is 2.35 bits per heavy atom. The van der Waals surface area contributed by atoms with Crippen molar-refractivity contribution in [2.45, 2.75) is 32.7 Å². The maximum atomic E-state index is 4.77. The average Bonchev–Trinajstić information content (AvgIpc) is 2.97. The molecule has 3 heterocycles. The lowest BCUT2D eigenvalue weighted by Gasteiger charge is -2.22. The Morgan fingerprint density at radius 3 is 3.15 bits per heavy atom. The molecule has 3 rings (SSSR count). The summed E-state index contributed by atoms with van der Waals surface area (Å²) in [7, 11) is 0. The SMILES string of the molecule is CCn1nccc1-c1cncc(CC2CCCNC2)n1.